The predicted octanol–water partition coefficient (Wildman–Crippen LogP) is -0.782. The highest BCUT2D eigenvalue weighted by molar-refractivity contribution is 7.87. The molecule has 0 heterocycles. The monoisotopic (exact) mass is 240 g/mol. The third-order valence-electron chi connectivity index (χ3n) is 1.38. The molecule has 0 bridgehead atoms. The number of nitrogens with one attached hydrogen (secondary N) is 2. The fraction of sp³-hybridized carbons (Fsp3) is 1.00. The number of aliphatic hydroxyl groups is 1. The summed E-state index contributed by atoms with van der Waals surface area (Å²) in [7, 11) is -3.38. The van der Waals surface area contributed by atoms with Gasteiger partial charge in [-0.2, -0.15) is 13.1 Å². The minimum Gasteiger partial charge on any atom is -0.394 e. The van der Waals surface area contributed by atoms with Gasteiger partial charge in [-0.3, -0.25) is 0 Å². The Balaban J connectivity index is 3.50. The van der Waals surface area contributed by atoms with Crippen molar-refractivity contribution >= 4 is 10.2 Å². The third kappa shape index (κ3) is 10.1. The molecule has 0 saturated heterocycles. The van der Waals surface area contributed by atoms with Crippen molar-refractivity contribution in [3.05, 3.63) is 0 Å². The molecule has 92 valence electrons. The largest absolute Gasteiger partial charge is 0.394 e. The van der Waals surface area contributed by atoms with Crippen LogP contribution < -0.4 is 9.44 Å². The molecule has 0 atom stereocenters. The lowest BCUT2D eigenvalue weighted by atomic mass is 10.4. The van der Waals surface area contributed by atoms with E-state index in [0.717, 1.165) is 0 Å². The Bertz CT molecular complexity index is 241. The molecule has 0 rings (SSSR count). The van der Waals surface area contributed by atoms with E-state index in [4.69, 9.17) is 9.84 Å². The van der Waals surface area contributed by atoms with Crippen LogP contribution in [-0.4, -0.2) is 45.9 Å². The summed E-state index contributed by atoms with van der Waals surface area (Å²) in [5, 5.41) is 8.40. The molecular formula is C8H20N2O4S. The molecule has 6 nitrogen and oxygen atoms in total. The Kier molecular flexibility index (Phi) is 7.89. The van der Waals surface area contributed by atoms with E-state index >= 15 is 0 Å². The standard InChI is InChI=1S/C8H20N2O4S/c1-8(2)10-15(12,13)9-4-3-6-14-7-5-11/h8-11H,3-7H2,1-2H3. The predicted molar refractivity (Wildman–Crippen MR) is 57.7 cm³/mol. The van der Waals surface area contributed by atoms with Gasteiger partial charge in [0.05, 0.1) is 13.2 Å². The van der Waals surface area contributed by atoms with Crippen LogP contribution in [-0.2, 0) is 14.9 Å². The normalized spacial score (nSPS) is 12.3. The second-order valence-electron chi connectivity index (χ2n) is 3.36. The molecular weight excluding hydrogens is 220 g/mol. The smallest absolute Gasteiger partial charge is 0.277 e. The van der Waals surface area contributed by atoms with Gasteiger partial charge in [0.2, 0.25) is 0 Å². The first kappa shape index (κ1) is 14.8. The maximum atomic E-state index is 11.2. The maximum Gasteiger partial charge on any atom is 0.277 e. The van der Waals surface area contributed by atoms with E-state index in [9.17, 15) is 8.42 Å². The summed E-state index contributed by atoms with van der Waals surface area (Å²) in [6.07, 6.45) is 0.582. The quantitative estimate of drug-likeness (QED) is 0.461. The average molecular weight is 240 g/mol. The topological polar surface area (TPSA) is 87.7 Å². The highest BCUT2D eigenvalue weighted by Gasteiger charge is 2.09. The van der Waals surface area contributed by atoms with Gasteiger partial charge < -0.3 is 9.84 Å². The van der Waals surface area contributed by atoms with E-state index in [0.29, 0.717) is 19.6 Å². The Morgan fingerprint density at radius 2 is 2.00 bits per heavy atom. The average Bonchev–Trinajstić information content (AvgIpc) is 2.08. The molecule has 0 aromatic rings. The van der Waals surface area contributed by atoms with Gasteiger partial charge >= 0.3 is 0 Å². The van der Waals surface area contributed by atoms with Crippen molar-refractivity contribution < 1.29 is 18.3 Å². The van der Waals surface area contributed by atoms with Gasteiger partial charge in [0.1, 0.15) is 0 Å². The first-order chi connectivity index (χ1) is 6.98. The third-order valence-corrected chi connectivity index (χ3v) is 2.75. The molecule has 0 aliphatic heterocycles. The maximum absolute atomic E-state index is 11.2. The van der Waals surface area contributed by atoms with Crippen LogP contribution in [0.25, 0.3) is 0 Å². The summed E-state index contributed by atoms with van der Waals surface area (Å²) < 4.78 is 32.2. The summed E-state index contributed by atoms with van der Waals surface area (Å²) in [5.41, 5.74) is 0. The minimum absolute atomic E-state index is 0.0133. The zero-order chi connectivity index (χ0) is 11.7. The molecule has 0 radical (unpaired) electrons. The molecule has 7 heteroatoms. The molecule has 0 amide bonds. The van der Waals surface area contributed by atoms with Crippen molar-refractivity contribution in [2.45, 2.75) is 26.3 Å². The molecule has 0 unspecified atom stereocenters. The second-order valence-corrected chi connectivity index (χ2v) is 4.89. The Morgan fingerprint density at radius 1 is 1.33 bits per heavy atom. The minimum atomic E-state index is -3.38. The van der Waals surface area contributed by atoms with Crippen LogP contribution >= 0.6 is 0 Å². The van der Waals surface area contributed by atoms with Crippen LogP contribution in [0.15, 0.2) is 0 Å². The fourth-order valence-electron chi connectivity index (χ4n) is 0.899. The van der Waals surface area contributed by atoms with Gasteiger partial charge in [-0.05, 0) is 20.3 Å². The number of rotatable bonds is 9. The number of ether oxygens (including phenoxy) is 1. The molecule has 0 saturated carbocycles. The summed E-state index contributed by atoms with van der Waals surface area (Å²) in [6.45, 7) is 4.54. The molecule has 15 heavy (non-hydrogen) atoms. The van der Waals surface area contributed by atoms with E-state index in [2.05, 4.69) is 9.44 Å². The van der Waals surface area contributed by atoms with Crippen LogP contribution in [0.4, 0.5) is 0 Å². The number of hydrogen-bond donors (Lipinski definition) is 3. The first-order valence-corrected chi connectivity index (χ1v) is 6.42. The summed E-state index contributed by atoms with van der Waals surface area (Å²) in [5.74, 6) is 0. The van der Waals surface area contributed by atoms with Gasteiger partial charge in [0.15, 0.2) is 0 Å². The lowest BCUT2D eigenvalue weighted by Gasteiger charge is -2.10. The van der Waals surface area contributed by atoms with Crippen molar-refractivity contribution in [1.82, 2.24) is 9.44 Å². The van der Waals surface area contributed by atoms with Gasteiger partial charge in [-0.15, -0.1) is 0 Å². The molecule has 0 aromatic carbocycles. The Morgan fingerprint density at radius 3 is 2.53 bits per heavy atom. The lowest BCUT2D eigenvalue weighted by Crippen LogP contribution is -2.40. The van der Waals surface area contributed by atoms with E-state index in [1.54, 1.807) is 13.8 Å². The van der Waals surface area contributed by atoms with Gasteiger partial charge in [-0.25, -0.2) is 4.72 Å². The highest BCUT2D eigenvalue weighted by Crippen LogP contribution is 1.86. The molecule has 3 N–H and O–H groups in total. The van der Waals surface area contributed by atoms with E-state index in [1.165, 1.54) is 0 Å². The van der Waals surface area contributed by atoms with Gasteiger partial charge in [0.25, 0.3) is 10.2 Å². The van der Waals surface area contributed by atoms with Gasteiger partial charge in [0, 0.05) is 19.2 Å². The molecule has 0 spiro atoms. The second kappa shape index (κ2) is 8.00. The zero-order valence-electron chi connectivity index (χ0n) is 9.19. The first-order valence-electron chi connectivity index (χ1n) is 4.93. The molecule has 0 fully saturated rings. The van der Waals surface area contributed by atoms with Gasteiger partial charge in [-0.1, -0.05) is 0 Å². The van der Waals surface area contributed by atoms with Crippen molar-refractivity contribution in [3.8, 4) is 0 Å². The van der Waals surface area contributed by atoms with Crippen LogP contribution in [0.2, 0.25) is 0 Å². The highest BCUT2D eigenvalue weighted by atomic mass is 32.2. The molecule has 0 aliphatic carbocycles. The van der Waals surface area contributed by atoms with Crippen LogP contribution in [0.5, 0.6) is 0 Å². The van der Waals surface area contributed by atoms with E-state index < -0.39 is 10.2 Å². The van der Waals surface area contributed by atoms with Crippen molar-refractivity contribution in [1.29, 1.82) is 0 Å². The lowest BCUT2D eigenvalue weighted by molar-refractivity contribution is 0.0913. The Labute approximate surface area is 91.2 Å². The van der Waals surface area contributed by atoms with Crippen molar-refractivity contribution in [2.24, 2.45) is 0 Å². The number of hydrogen-bond acceptors (Lipinski definition) is 4. The van der Waals surface area contributed by atoms with Crippen molar-refractivity contribution in [2.75, 3.05) is 26.4 Å². The summed E-state index contributed by atoms with van der Waals surface area (Å²) in [6, 6.07) is -0.117. The van der Waals surface area contributed by atoms with E-state index in [1.807, 2.05) is 0 Å². The fourth-order valence-corrected chi connectivity index (χ4v) is 2.02. The molecule has 0 aliphatic rings. The summed E-state index contributed by atoms with van der Waals surface area (Å²) >= 11 is 0. The van der Waals surface area contributed by atoms with Crippen LogP contribution in [0.1, 0.15) is 20.3 Å². The van der Waals surface area contributed by atoms with Crippen molar-refractivity contribution in [3.63, 3.8) is 0 Å². The zero-order valence-corrected chi connectivity index (χ0v) is 10.0. The van der Waals surface area contributed by atoms with Crippen LogP contribution in [0.3, 0.4) is 0 Å². The summed E-state index contributed by atoms with van der Waals surface area (Å²) in [4.78, 5) is 0. The number of aliphatic hydroxyl groups excluding tert-OH is 1. The SMILES string of the molecule is CC(C)NS(=O)(=O)NCCCOCCO. The van der Waals surface area contributed by atoms with Crippen LogP contribution in [0, 0.1) is 0 Å². The Hall–Kier alpha value is -0.210. The van der Waals surface area contributed by atoms with E-state index in [-0.39, 0.29) is 19.3 Å². The molecule has 0 aromatic heterocycles.